The number of halogens is 1. The number of benzene rings is 2. The summed E-state index contributed by atoms with van der Waals surface area (Å²) in [6, 6.07) is 14.1. The van der Waals surface area contributed by atoms with Crippen LogP contribution >= 0.6 is 11.6 Å². The van der Waals surface area contributed by atoms with Crippen LogP contribution in [0.5, 0.6) is 0 Å². The first-order valence-corrected chi connectivity index (χ1v) is 7.53. The number of ether oxygens (including phenoxy) is 1. The molecule has 0 aliphatic carbocycles. The lowest BCUT2D eigenvalue weighted by atomic mass is 10.1. The van der Waals surface area contributed by atoms with E-state index < -0.39 is 12.1 Å². The van der Waals surface area contributed by atoms with E-state index in [0.717, 1.165) is 5.56 Å². The molecule has 0 saturated carbocycles. The molecule has 0 saturated heterocycles. The van der Waals surface area contributed by atoms with Crippen molar-refractivity contribution in [2.24, 2.45) is 5.73 Å². The molecule has 0 aromatic heterocycles. The van der Waals surface area contributed by atoms with Crippen LogP contribution in [0.4, 0.5) is 16.2 Å². The van der Waals surface area contributed by atoms with Crippen molar-refractivity contribution < 1.29 is 14.3 Å². The number of para-hydroxylation sites is 1. The second-order valence-electron chi connectivity index (χ2n) is 4.74. The van der Waals surface area contributed by atoms with Crippen molar-refractivity contribution in [3.63, 3.8) is 0 Å². The number of carbonyl (C=O) groups excluding carboxylic acids is 2. The Morgan fingerprint density at radius 1 is 1.17 bits per heavy atom. The Hall–Kier alpha value is -2.37. The molecule has 0 spiro atoms. The average molecular weight is 333 g/mol. The maximum Gasteiger partial charge on any atom is 0.426 e. The third-order valence-corrected chi connectivity index (χ3v) is 3.46. The number of amides is 1. The van der Waals surface area contributed by atoms with E-state index in [1.54, 1.807) is 42.5 Å². The summed E-state index contributed by atoms with van der Waals surface area (Å²) in [4.78, 5) is 25.2. The van der Waals surface area contributed by atoms with E-state index in [1.807, 2.05) is 13.0 Å². The Balaban J connectivity index is 2.50. The van der Waals surface area contributed by atoms with Gasteiger partial charge in [0.05, 0.1) is 17.9 Å². The van der Waals surface area contributed by atoms with Crippen LogP contribution in [0.25, 0.3) is 0 Å². The van der Waals surface area contributed by atoms with Gasteiger partial charge in [-0.15, -0.1) is 0 Å². The molecule has 5 nitrogen and oxygen atoms in total. The van der Waals surface area contributed by atoms with Crippen LogP contribution in [0.1, 0.15) is 12.5 Å². The maximum atomic E-state index is 12.5. The number of hydrogen-bond donors (Lipinski definition) is 1. The van der Waals surface area contributed by atoms with Crippen molar-refractivity contribution in [1.29, 1.82) is 0 Å². The molecule has 0 aliphatic rings. The fourth-order valence-electron chi connectivity index (χ4n) is 2.16. The molecular weight excluding hydrogens is 316 g/mol. The Kier molecular flexibility index (Phi) is 5.73. The first kappa shape index (κ1) is 17.0. The van der Waals surface area contributed by atoms with Gasteiger partial charge in [-0.1, -0.05) is 36.7 Å². The van der Waals surface area contributed by atoms with Crippen molar-refractivity contribution in [2.45, 2.75) is 13.3 Å². The topological polar surface area (TPSA) is 72.6 Å². The number of rotatable bonds is 4. The second-order valence-corrected chi connectivity index (χ2v) is 5.18. The highest BCUT2D eigenvalue weighted by Gasteiger charge is 2.23. The average Bonchev–Trinajstić information content (AvgIpc) is 2.57. The first-order chi connectivity index (χ1) is 11.1. The zero-order valence-corrected chi connectivity index (χ0v) is 13.4. The molecule has 0 heterocycles. The fourth-order valence-corrected chi connectivity index (χ4v) is 2.35. The molecule has 0 radical (unpaired) electrons. The zero-order chi connectivity index (χ0) is 16.8. The van der Waals surface area contributed by atoms with E-state index in [2.05, 4.69) is 0 Å². The molecule has 1 amide bonds. The predicted octanol–water partition coefficient (Wildman–Crippen LogP) is 3.66. The van der Waals surface area contributed by atoms with Gasteiger partial charge < -0.3 is 10.5 Å². The van der Waals surface area contributed by atoms with Crippen LogP contribution in [-0.2, 0) is 16.0 Å². The van der Waals surface area contributed by atoms with E-state index in [0.29, 0.717) is 22.8 Å². The minimum atomic E-state index is -0.802. The van der Waals surface area contributed by atoms with Crippen molar-refractivity contribution in [1.82, 2.24) is 0 Å². The predicted molar refractivity (Wildman–Crippen MR) is 90.0 cm³/mol. The number of nitrogens with two attached hydrogens (primary N) is 1. The van der Waals surface area contributed by atoms with Gasteiger partial charge in [0.2, 0.25) is 0 Å². The Morgan fingerprint density at radius 2 is 1.87 bits per heavy atom. The summed E-state index contributed by atoms with van der Waals surface area (Å²) in [6.07, 6.45) is -0.138. The van der Waals surface area contributed by atoms with E-state index >= 15 is 0 Å². The number of nitrogens with zero attached hydrogens (tertiary/aromatic N) is 1. The minimum absolute atomic E-state index is 0.365. The van der Waals surface area contributed by atoms with Crippen LogP contribution < -0.4 is 10.6 Å². The van der Waals surface area contributed by atoms with Gasteiger partial charge in [-0.2, -0.15) is 0 Å². The highest BCUT2D eigenvalue weighted by atomic mass is 35.5. The maximum absolute atomic E-state index is 12.5. The third kappa shape index (κ3) is 4.09. The minimum Gasteiger partial charge on any atom is -0.375 e. The normalized spacial score (nSPS) is 10.2. The van der Waals surface area contributed by atoms with Crippen LogP contribution in [-0.4, -0.2) is 18.6 Å². The monoisotopic (exact) mass is 332 g/mol. The number of hydrogen-bond acceptors (Lipinski definition) is 4. The highest BCUT2D eigenvalue weighted by molar-refractivity contribution is 6.30. The summed E-state index contributed by atoms with van der Waals surface area (Å²) in [6.45, 7) is 1.59. The number of esters is 1. The van der Waals surface area contributed by atoms with Gasteiger partial charge in [0.15, 0.2) is 0 Å². The van der Waals surface area contributed by atoms with Crippen LogP contribution in [0.15, 0.2) is 48.5 Å². The van der Waals surface area contributed by atoms with Gasteiger partial charge in [-0.3, -0.25) is 4.79 Å². The number of carbonyl (C=O) groups is 2. The zero-order valence-electron chi connectivity index (χ0n) is 12.7. The molecule has 0 fully saturated rings. The largest absolute Gasteiger partial charge is 0.426 e. The van der Waals surface area contributed by atoms with E-state index in [-0.39, 0.29) is 6.54 Å². The molecule has 0 aliphatic heterocycles. The quantitative estimate of drug-likeness (QED) is 0.685. The molecular formula is C17H17ClN2O3. The Morgan fingerprint density at radius 3 is 2.48 bits per heavy atom. The van der Waals surface area contributed by atoms with Gasteiger partial charge in [-0.05, 0) is 42.3 Å². The SMILES string of the molecule is CCc1cc(Cl)ccc1N(C(=O)OC(=O)CN)c1ccccc1. The summed E-state index contributed by atoms with van der Waals surface area (Å²) < 4.78 is 4.79. The van der Waals surface area contributed by atoms with Crippen LogP contribution in [0.2, 0.25) is 5.02 Å². The lowest BCUT2D eigenvalue weighted by Gasteiger charge is -2.24. The van der Waals surface area contributed by atoms with Crippen molar-refractivity contribution in [3.8, 4) is 0 Å². The van der Waals surface area contributed by atoms with Crippen molar-refractivity contribution in [2.75, 3.05) is 11.4 Å². The smallest absolute Gasteiger partial charge is 0.375 e. The lowest BCUT2D eigenvalue weighted by Crippen LogP contribution is -2.31. The molecule has 6 heteroatoms. The molecule has 0 bridgehead atoms. The van der Waals surface area contributed by atoms with E-state index in [4.69, 9.17) is 22.1 Å². The first-order valence-electron chi connectivity index (χ1n) is 7.15. The fraction of sp³-hybridized carbons (Fsp3) is 0.176. The van der Waals surface area contributed by atoms with Crippen LogP contribution in [0.3, 0.4) is 0 Å². The summed E-state index contributed by atoms with van der Waals surface area (Å²) in [5, 5.41) is 0.574. The van der Waals surface area contributed by atoms with Crippen LogP contribution in [0, 0.1) is 0 Å². The van der Waals surface area contributed by atoms with Crippen molar-refractivity contribution >= 4 is 35.0 Å². The molecule has 2 aromatic carbocycles. The summed E-state index contributed by atoms with van der Waals surface area (Å²) in [5.41, 5.74) is 7.26. The molecule has 120 valence electrons. The molecule has 2 aromatic rings. The molecule has 0 atom stereocenters. The van der Waals surface area contributed by atoms with Gasteiger partial charge in [-0.25, -0.2) is 9.69 Å². The highest BCUT2D eigenvalue weighted by Crippen LogP contribution is 2.31. The van der Waals surface area contributed by atoms with Gasteiger partial charge in [0, 0.05) is 5.02 Å². The summed E-state index contributed by atoms with van der Waals surface area (Å²) >= 11 is 6.03. The Bertz CT molecular complexity index is 704. The van der Waals surface area contributed by atoms with Gasteiger partial charge in [0.1, 0.15) is 0 Å². The van der Waals surface area contributed by atoms with Gasteiger partial charge in [0.25, 0.3) is 0 Å². The summed E-state index contributed by atoms with van der Waals surface area (Å²) in [5.74, 6) is -0.789. The number of anilines is 2. The number of aryl methyl sites for hydroxylation is 1. The van der Waals surface area contributed by atoms with Gasteiger partial charge >= 0.3 is 12.1 Å². The lowest BCUT2D eigenvalue weighted by molar-refractivity contribution is -0.135. The molecule has 2 N–H and O–H groups in total. The molecule has 2 rings (SSSR count). The standard InChI is InChI=1S/C17H17ClN2O3/c1-2-12-10-13(18)8-9-15(12)20(14-6-4-3-5-7-14)17(22)23-16(21)11-19/h3-10H,2,11,19H2,1H3. The third-order valence-electron chi connectivity index (χ3n) is 3.23. The summed E-state index contributed by atoms with van der Waals surface area (Å²) in [7, 11) is 0. The van der Waals surface area contributed by atoms with Crippen molar-refractivity contribution in [3.05, 3.63) is 59.1 Å². The molecule has 23 heavy (non-hydrogen) atoms. The van der Waals surface area contributed by atoms with E-state index in [9.17, 15) is 9.59 Å². The van der Waals surface area contributed by atoms with E-state index in [1.165, 1.54) is 4.90 Å². The molecule has 0 unspecified atom stereocenters. The second kappa shape index (κ2) is 7.76. The Labute approximate surface area is 139 Å².